The van der Waals surface area contributed by atoms with Crippen LogP contribution in [0, 0.1) is 0 Å². The van der Waals surface area contributed by atoms with Gasteiger partial charge < -0.3 is 14.8 Å². The molecular weight excluding hydrogens is 370 g/mol. The van der Waals surface area contributed by atoms with Gasteiger partial charge in [-0.05, 0) is 48.5 Å². The average Bonchev–Trinajstić information content (AvgIpc) is 2.77. The van der Waals surface area contributed by atoms with Crippen molar-refractivity contribution in [2.45, 2.75) is 6.54 Å². The fourth-order valence-electron chi connectivity index (χ4n) is 3.14. The summed E-state index contributed by atoms with van der Waals surface area (Å²) in [7, 11) is 4.94. The fourth-order valence-corrected chi connectivity index (χ4v) is 3.14. The number of fused-ring (bicyclic) bond motifs is 1. The van der Waals surface area contributed by atoms with Gasteiger partial charge in [0.2, 0.25) is 5.95 Å². The molecule has 3 aromatic rings. The first-order valence-electron chi connectivity index (χ1n) is 9.05. The SMILES string of the molecule is COc1ccc(Nc2ncc3c(n2)N(C)C(=O)N(c2ccc(OC)cc2)C3)cc1. The Bertz CT molecular complexity index is 1020. The van der Waals surface area contributed by atoms with Crippen LogP contribution in [0.2, 0.25) is 0 Å². The second-order valence-corrected chi connectivity index (χ2v) is 6.52. The van der Waals surface area contributed by atoms with Crippen LogP contribution < -0.4 is 24.6 Å². The number of carbonyl (C=O) groups excluding carboxylic acids is 1. The molecule has 148 valence electrons. The van der Waals surface area contributed by atoms with Gasteiger partial charge >= 0.3 is 6.03 Å². The summed E-state index contributed by atoms with van der Waals surface area (Å²) in [6.07, 6.45) is 1.74. The normalized spacial score (nSPS) is 13.1. The molecule has 0 fully saturated rings. The Balaban J connectivity index is 1.57. The highest BCUT2D eigenvalue weighted by Gasteiger charge is 2.30. The Morgan fingerprint density at radius 1 is 0.966 bits per heavy atom. The molecule has 0 spiro atoms. The molecule has 0 aliphatic carbocycles. The van der Waals surface area contributed by atoms with Crippen LogP contribution in [0.3, 0.4) is 0 Å². The van der Waals surface area contributed by atoms with Gasteiger partial charge in [-0.25, -0.2) is 9.78 Å². The molecule has 0 saturated carbocycles. The van der Waals surface area contributed by atoms with Crippen LogP contribution in [-0.2, 0) is 6.54 Å². The highest BCUT2D eigenvalue weighted by molar-refractivity contribution is 6.05. The van der Waals surface area contributed by atoms with Gasteiger partial charge in [-0.1, -0.05) is 0 Å². The summed E-state index contributed by atoms with van der Waals surface area (Å²) in [6.45, 7) is 0.396. The molecular formula is C21H21N5O3. The van der Waals surface area contributed by atoms with Gasteiger partial charge in [0, 0.05) is 30.2 Å². The van der Waals surface area contributed by atoms with Gasteiger partial charge in [0.1, 0.15) is 17.3 Å². The summed E-state index contributed by atoms with van der Waals surface area (Å²) < 4.78 is 10.4. The number of ether oxygens (including phenoxy) is 2. The van der Waals surface area contributed by atoms with Gasteiger partial charge in [0.25, 0.3) is 0 Å². The van der Waals surface area contributed by atoms with E-state index in [1.165, 1.54) is 4.90 Å². The summed E-state index contributed by atoms with van der Waals surface area (Å²) in [5, 5.41) is 3.15. The molecule has 29 heavy (non-hydrogen) atoms. The molecule has 2 heterocycles. The highest BCUT2D eigenvalue weighted by Crippen LogP contribution is 2.31. The predicted octanol–water partition coefficient (Wildman–Crippen LogP) is 3.81. The number of amides is 2. The number of anilines is 4. The van der Waals surface area contributed by atoms with E-state index in [4.69, 9.17) is 9.47 Å². The smallest absolute Gasteiger partial charge is 0.330 e. The topological polar surface area (TPSA) is 79.8 Å². The maximum atomic E-state index is 12.9. The van der Waals surface area contributed by atoms with Crippen LogP contribution in [0.4, 0.5) is 27.9 Å². The molecule has 8 nitrogen and oxygen atoms in total. The van der Waals surface area contributed by atoms with Crippen LogP contribution >= 0.6 is 0 Å². The molecule has 0 bridgehead atoms. The average molecular weight is 391 g/mol. The first kappa shape index (κ1) is 18.5. The molecule has 1 aliphatic rings. The van der Waals surface area contributed by atoms with Crippen LogP contribution in [0.25, 0.3) is 0 Å². The Labute approximate surface area is 168 Å². The number of carbonyl (C=O) groups is 1. The summed E-state index contributed by atoms with van der Waals surface area (Å²) >= 11 is 0. The third-order valence-electron chi connectivity index (χ3n) is 4.74. The lowest BCUT2D eigenvalue weighted by atomic mass is 10.2. The minimum Gasteiger partial charge on any atom is -0.497 e. The van der Waals surface area contributed by atoms with Crippen molar-refractivity contribution < 1.29 is 14.3 Å². The second kappa shape index (κ2) is 7.67. The molecule has 8 heteroatoms. The Morgan fingerprint density at radius 2 is 1.59 bits per heavy atom. The first-order chi connectivity index (χ1) is 14.1. The third kappa shape index (κ3) is 3.64. The Hall–Kier alpha value is -3.81. The van der Waals surface area contributed by atoms with E-state index in [-0.39, 0.29) is 6.03 Å². The molecule has 0 atom stereocenters. The van der Waals surface area contributed by atoms with Gasteiger partial charge in [0.05, 0.1) is 20.8 Å². The zero-order valence-corrected chi connectivity index (χ0v) is 16.4. The number of methoxy groups -OCH3 is 2. The number of nitrogens with one attached hydrogen (secondary N) is 1. The van der Waals surface area contributed by atoms with Crippen molar-refractivity contribution in [1.29, 1.82) is 0 Å². The molecule has 1 aliphatic heterocycles. The lowest BCUT2D eigenvalue weighted by Crippen LogP contribution is -2.45. The second-order valence-electron chi connectivity index (χ2n) is 6.52. The van der Waals surface area contributed by atoms with Crippen molar-refractivity contribution in [1.82, 2.24) is 9.97 Å². The third-order valence-corrected chi connectivity index (χ3v) is 4.74. The number of urea groups is 1. The van der Waals surface area contributed by atoms with E-state index in [1.807, 2.05) is 48.5 Å². The maximum absolute atomic E-state index is 12.9. The monoisotopic (exact) mass is 391 g/mol. The Kier molecular flexibility index (Phi) is 4.90. The first-order valence-corrected chi connectivity index (χ1v) is 9.05. The molecule has 2 aromatic carbocycles. The number of rotatable bonds is 5. The van der Waals surface area contributed by atoms with Gasteiger partial charge in [-0.2, -0.15) is 4.98 Å². The van der Waals surface area contributed by atoms with E-state index < -0.39 is 0 Å². The van der Waals surface area contributed by atoms with Crippen molar-refractivity contribution in [3.8, 4) is 11.5 Å². The van der Waals surface area contributed by atoms with Crippen LogP contribution in [-0.4, -0.2) is 37.3 Å². The number of nitrogens with zero attached hydrogens (tertiary/aromatic N) is 4. The predicted molar refractivity (Wildman–Crippen MR) is 111 cm³/mol. The number of hydrogen-bond acceptors (Lipinski definition) is 6. The van der Waals surface area contributed by atoms with Crippen molar-refractivity contribution in [2.75, 3.05) is 36.4 Å². The molecule has 0 saturated heterocycles. The largest absolute Gasteiger partial charge is 0.497 e. The summed E-state index contributed by atoms with van der Waals surface area (Å²) in [5.41, 5.74) is 2.48. The minimum atomic E-state index is -0.156. The van der Waals surface area contributed by atoms with Crippen LogP contribution in [0.5, 0.6) is 11.5 Å². The fraction of sp³-hybridized carbons (Fsp3) is 0.190. The maximum Gasteiger partial charge on any atom is 0.330 e. The van der Waals surface area contributed by atoms with Crippen molar-refractivity contribution in [3.05, 3.63) is 60.3 Å². The van der Waals surface area contributed by atoms with Gasteiger partial charge in [-0.3, -0.25) is 9.80 Å². The van der Waals surface area contributed by atoms with Crippen LogP contribution in [0.1, 0.15) is 5.56 Å². The summed E-state index contributed by atoms with van der Waals surface area (Å²) in [5.74, 6) is 2.52. The molecule has 4 rings (SSSR count). The minimum absolute atomic E-state index is 0.156. The van der Waals surface area contributed by atoms with E-state index in [2.05, 4.69) is 15.3 Å². The van der Waals surface area contributed by atoms with Crippen molar-refractivity contribution in [3.63, 3.8) is 0 Å². The van der Waals surface area contributed by atoms with E-state index in [0.717, 1.165) is 28.4 Å². The quantitative estimate of drug-likeness (QED) is 0.712. The number of aromatic nitrogens is 2. The van der Waals surface area contributed by atoms with E-state index >= 15 is 0 Å². The van der Waals surface area contributed by atoms with E-state index in [1.54, 1.807) is 32.4 Å². The molecule has 2 amide bonds. The zero-order valence-electron chi connectivity index (χ0n) is 16.4. The molecule has 1 aromatic heterocycles. The van der Waals surface area contributed by atoms with Gasteiger partial charge in [0.15, 0.2) is 0 Å². The lowest BCUT2D eigenvalue weighted by molar-refractivity contribution is 0.251. The standard InChI is InChI=1S/C21H21N5O3/c1-25-19-14(13-26(21(25)27)16-6-10-18(29-3)11-7-16)12-22-20(24-19)23-15-4-8-17(28-2)9-5-15/h4-12H,13H2,1-3H3,(H,22,23,24). The lowest BCUT2D eigenvalue weighted by Gasteiger charge is -2.34. The number of hydrogen-bond donors (Lipinski definition) is 1. The number of benzene rings is 2. The Morgan fingerprint density at radius 3 is 2.21 bits per heavy atom. The summed E-state index contributed by atoms with van der Waals surface area (Å²) in [6, 6.07) is 14.7. The van der Waals surface area contributed by atoms with Crippen molar-refractivity contribution >= 4 is 29.2 Å². The van der Waals surface area contributed by atoms with Gasteiger partial charge in [-0.15, -0.1) is 0 Å². The van der Waals surface area contributed by atoms with Crippen LogP contribution in [0.15, 0.2) is 54.7 Å². The molecule has 1 N–H and O–H groups in total. The molecule has 0 radical (unpaired) electrons. The van der Waals surface area contributed by atoms with E-state index in [9.17, 15) is 4.79 Å². The zero-order chi connectivity index (χ0) is 20.4. The summed E-state index contributed by atoms with van der Waals surface area (Å²) in [4.78, 5) is 25.1. The molecule has 0 unspecified atom stereocenters. The van der Waals surface area contributed by atoms with Crippen molar-refractivity contribution in [2.24, 2.45) is 0 Å². The van der Waals surface area contributed by atoms with E-state index in [0.29, 0.717) is 18.3 Å². The highest BCUT2D eigenvalue weighted by atomic mass is 16.5.